The van der Waals surface area contributed by atoms with Gasteiger partial charge in [-0.15, -0.1) is 0 Å². The third-order valence-electron chi connectivity index (χ3n) is 8.87. The van der Waals surface area contributed by atoms with E-state index < -0.39 is 33.7 Å². The Balaban J connectivity index is 1.86. The second-order valence-electron chi connectivity index (χ2n) is 9.91. The number of carbonyl (C=O) groups excluding carboxylic acids is 2. The summed E-state index contributed by atoms with van der Waals surface area (Å²) in [6.07, 6.45) is 2.75. The molecule has 7 atom stereocenters. The Labute approximate surface area is 148 Å². The van der Waals surface area contributed by atoms with Gasteiger partial charge in [-0.05, 0) is 50.9 Å². The minimum absolute atomic E-state index is 0.0679. The number of carbonyl (C=O) groups is 3. The van der Waals surface area contributed by atoms with E-state index in [2.05, 4.69) is 0 Å². The molecule has 5 heteroatoms. The first-order valence-electron chi connectivity index (χ1n) is 9.49. The highest BCUT2D eigenvalue weighted by atomic mass is 16.4. The number of hydrogen-bond donors (Lipinski definition) is 2. The van der Waals surface area contributed by atoms with E-state index in [1.165, 1.54) is 0 Å². The molecule has 25 heavy (non-hydrogen) atoms. The van der Waals surface area contributed by atoms with Gasteiger partial charge in [0.2, 0.25) is 0 Å². The van der Waals surface area contributed by atoms with Crippen LogP contribution in [0.2, 0.25) is 0 Å². The van der Waals surface area contributed by atoms with Crippen LogP contribution in [0.1, 0.15) is 65.7 Å². The number of aliphatic hydroxyl groups is 1. The Bertz CT molecular complexity index is 686. The number of fused-ring (bicyclic) bond motifs is 3. The predicted molar refractivity (Wildman–Crippen MR) is 89.7 cm³/mol. The first kappa shape index (κ1) is 17.2. The van der Waals surface area contributed by atoms with E-state index in [1.54, 1.807) is 6.92 Å². The number of aliphatic carboxylic acids is 1. The zero-order valence-electron chi connectivity index (χ0n) is 15.3. The Morgan fingerprint density at radius 1 is 1.04 bits per heavy atom. The molecule has 0 aromatic carbocycles. The summed E-state index contributed by atoms with van der Waals surface area (Å²) in [5, 5.41) is 20.9. The van der Waals surface area contributed by atoms with Crippen LogP contribution in [0.5, 0.6) is 0 Å². The zero-order valence-corrected chi connectivity index (χ0v) is 15.3. The molecule has 1 spiro atoms. The summed E-state index contributed by atoms with van der Waals surface area (Å²) in [4.78, 5) is 38.0. The summed E-state index contributed by atoms with van der Waals surface area (Å²) in [6.45, 7) is 5.70. The lowest BCUT2D eigenvalue weighted by Crippen LogP contribution is -2.66. The fraction of sp³-hybridized carbons (Fsp3) is 0.850. The average Bonchev–Trinajstić information content (AvgIpc) is 2.73. The molecule has 5 nitrogen and oxygen atoms in total. The Kier molecular flexibility index (Phi) is 3.25. The largest absolute Gasteiger partial charge is 0.481 e. The summed E-state index contributed by atoms with van der Waals surface area (Å²) in [5.41, 5.74) is -2.70. The van der Waals surface area contributed by atoms with Crippen LogP contribution in [0, 0.1) is 33.5 Å². The average molecular weight is 348 g/mol. The second kappa shape index (κ2) is 4.73. The fourth-order valence-electron chi connectivity index (χ4n) is 7.27. The van der Waals surface area contributed by atoms with Gasteiger partial charge in [0.05, 0.1) is 11.5 Å². The molecular weight excluding hydrogens is 320 g/mol. The summed E-state index contributed by atoms with van der Waals surface area (Å²) >= 11 is 0. The van der Waals surface area contributed by atoms with Crippen LogP contribution in [-0.4, -0.2) is 33.9 Å². The maximum Gasteiger partial charge on any atom is 0.309 e. The van der Waals surface area contributed by atoms with Gasteiger partial charge in [-0.3, -0.25) is 14.4 Å². The van der Waals surface area contributed by atoms with Crippen molar-refractivity contribution in [2.75, 3.05) is 0 Å². The minimum atomic E-state index is -0.991. The van der Waals surface area contributed by atoms with Gasteiger partial charge in [0, 0.05) is 29.1 Å². The quantitative estimate of drug-likeness (QED) is 0.760. The highest BCUT2D eigenvalue weighted by Crippen LogP contribution is 2.71. The standard InChI is InChI=1S/C20H28O5/c1-17-6-4-11-19(3)12(18(2,16(24)25)7-5-13(19)21)8-14(22)20(11,10-17)9-15(17)23/h11-13,21H,4-10H2,1-3H3,(H,24,25)/t11-,12+,13+,17-,18-,19-,20+/m1/s1. The Morgan fingerprint density at radius 2 is 1.72 bits per heavy atom. The van der Waals surface area contributed by atoms with Crippen molar-refractivity contribution in [3.05, 3.63) is 0 Å². The van der Waals surface area contributed by atoms with E-state index in [-0.39, 0.29) is 36.2 Å². The first-order valence-corrected chi connectivity index (χ1v) is 9.49. The molecule has 0 radical (unpaired) electrons. The van der Waals surface area contributed by atoms with Crippen molar-refractivity contribution >= 4 is 17.5 Å². The van der Waals surface area contributed by atoms with E-state index in [1.807, 2.05) is 13.8 Å². The van der Waals surface area contributed by atoms with E-state index in [4.69, 9.17) is 0 Å². The topological polar surface area (TPSA) is 91.7 Å². The fourth-order valence-corrected chi connectivity index (χ4v) is 7.27. The van der Waals surface area contributed by atoms with E-state index in [9.17, 15) is 24.6 Å². The van der Waals surface area contributed by atoms with Gasteiger partial charge in [-0.1, -0.05) is 13.8 Å². The highest BCUT2D eigenvalue weighted by Gasteiger charge is 2.73. The summed E-state index contributed by atoms with van der Waals surface area (Å²) in [5.74, 6) is -1.10. The van der Waals surface area contributed by atoms with Crippen molar-refractivity contribution in [2.45, 2.75) is 71.8 Å². The van der Waals surface area contributed by atoms with Crippen molar-refractivity contribution in [1.82, 2.24) is 0 Å². The maximum atomic E-state index is 13.3. The molecular formula is C20H28O5. The molecule has 2 N–H and O–H groups in total. The van der Waals surface area contributed by atoms with Gasteiger partial charge < -0.3 is 10.2 Å². The molecule has 4 rings (SSSR count). The molecule has 4 fully saturated rings. The van der Waals surface area contributed by atoms with Crippen LogP contribution in [0.4, 0.5) is 0 Å². The van der Waals surface area contributed by atoms with Crippen LogP contribution in [-0.2, 0) is 14.4 Å². The van der Waals surface area contributed by atoms with E-state index in [0.717, 1.165) is 12.8 Å². The normalized spacial score (nSPS) is 54.8. The maximum absolute atomic E-state index is 13.3. The summed E-state index contributed by atoms with van der Waals surface area (Å²) < 4.78 is 0. The number of carboxylic acids is 1. The van der Waals surface area contributed by atoms with E-state index >= 15 is 0 Å². The Hall–Kier alpha value is -1.23. The molecule has 0 unspecified atom stereocenters. The number of carboxylic acid groups (broad SMARTS) is 1. The third kappa shape index (κ3) is 1.80. The monoisotopic (exact) mass is 348 g/mol. The van der Waals surface area contributed by atoms with Crippen molar-refractivity contribution in [2.24, 2.45) is 33.5 Å². The van der Waals surface area contributed by atoms with Crippen molar-refractivity contribution in [3.63, 3.8) is 0 Å². The molecule has 0 heterocycles. The molecule has 0 aromatic heterocycles. The van der Waals surface area contributed by atoms with Gasteiger partial charge in [0.25, 0.3) is 0 Å². The molecule has 4 saturated carbocycles. The van der Waals surface area contributed by atoms with Crippen molar-refractivity contribution < 1.29 is 24.6 Å². The van der Waals surface area contributed by atoms with Gasteiger partial charge >= 0.3 is 5.97 Å². The number of aliphatic hydroxyl groups excluding tert-OH is 1. The van der Waals surface area contributed by atoms with Gasteiger partial charge in [0.15, 0.2) is 0 Å². The van der Waals surface area contributed by atoms with Crippen LogP contribution in [0.25, 0.3) is 0 Å². The first-order chi connectivity index (χ1) is 11.5. The lowest BCUT2D eigenvalue weighted by atomic mass is 9.39. The molecule has 0 aromatic rings. The summed E-state index contributed by atoms with van der Waals surface area (Å²) in [6, 6.07) is 0. The van der Waals surface area contributed by atoms with Crippen molar-refractivity contribution in [1.29, 1.82) is 0 Å². The second-order valence-corrected chi connectivity index (χ2v) is 9.91. The Morgan fingerprint density at radius 3 is 2.36 bits per heavy atom. The molecule has 0 aliphatic heterocycles. The van der Waals surface area contributed by atoms with Gasteiger partial charge in [0.1, 0.15) is 11.6 Å². The molecule has 2 bridgehead atoms. The van der Waals surface area contributed by atoms with Crippen LogP contribution >= 0.6 is 0 Å². The van der Waals surface area contributed by atoms with E-state index in [0.29, 0.717) is 19.3 Å². The van der Waals surface area contributed by atoms with Crippen LogP contribution in [0.3, 0.4) is 0 Å². The smallest absolute Gasteiger partial charge is 0.309 e. The minimum Gasteiger partial charge on any atom is -0.481 e. The lowest BCUT2D eigenvalue weighted by Gasteiger charge is -2.64. The predicted octanol–water partition coefficient (Wildman–Crippen LogP) is 2.59. The number of ketones is 2. The lowest BCUT2D eigenvalue weighted by molar-refractivity contribution is -0.210. The third-order valence-corrected chi connectivity index (χ3v) is 8.87. The van der Waals surface area contributed by atoms with Gasteiger partial charge in [-0.25, -0.2) is 0 Å². The zero-order chi connectivity index (χ0) is 18.4. The molecule has 4 aliphatic rings. The summed E-state index contributed by atoms with van der Waals surface area (Å²) in [7, 11) is 0. The molecule has 4 aliphatic carbocycles. The van der Waals surface area contributed by atoms with Crippen LogP contribution < -0.4 is 0 Å². The number of rotatable bonds is 1. The number of hydrogen-bond acceptors (Lipinski definition) is 4. The molecule has 138 valence electrons. The molecule has 0 saturated heterocycles. The van der Waals surface area contributed by atoms with Gasteiger partial charge in [-0.2, -0.15) is 0 Å². The molecule has 0 amide bonds. The number of Topliss-reactive ketones (excluding diaryl/α,β-unsaturated/α-hetero) is 2. The SMILES string of the molecule is C[C@]12CC[C@H]3[C@](CC1=O)(C2)C(=O)C[C@@H]1[C@]3(C)[C@@H](O)CC[C@@]1(C)C(=O)O. The highest BCUT2D eigenvalue weighted by molar-refractivity contribution is 5.99. The van der Waals surface area contributed by atoms with Crippen LogP contribution in [0.15, 0.2) is 0 Å². The van der Waals surface area contributed by atoms with Crippen molar-refractivity contribution in [3.8, 4) is 0 Å².